The van der Waals surface area contributed by atoms with E-state index in [1.807, 2.05) is 18.5 Å². The van der Waals surface area contributed by atoms with E-state index in [1.54, 1.807) is 11.8 Å². The Balaban J connectivity index is 1.44. The first-order chi connectivity index (χ1) is 13.6. The topological polar surface area (TPSA) is 64.5 Å². The third-order valence-electron chi connectivity index (χ3n) is 5.34. The van der Waals surface area contributed by atoms with Crippen molar-refractivity contribution in [3.05, 3.63) is 24.0 Å². The number of likely N-dealkylation sites (N-methyl/N-ethyl adjacent to an activating group) is 1. The largest absolute Gasteiger partial charge is 0.354 e. The lowest BCUT2D eigenvalue weighted by atomic mass is 10.3. The fourth-order valence-electron chi connectivity index (χ4n) is 3.62. The summed E-state index contributed by atoms with van der Waals surface area (Å²) in [5.41, 5.74) is 1.03. The molecule has 4 rings (SSSR count). The van der Waals surface area contributed by atoms with Gasteiger partial charge in [0.15, 0.2) is 5.16 Å². The summed E-state index contributed by atoms with van der Waals surface area (Å²) in [4.78, 5) is 27.9. The van der Waals surface area contributed by atoms with Crippen molar-refractivity contribution >= 4 is 29.3 Å². The van der Waals surface area contributed by atoms with Crippen LogP contribution in [0.5, 0.6) is 0 Å². The Kier molecular flexibility index (Phi) is 5.82. The first-order valence-corrected chi connectivity index (χ1v) is 11.0. The first kappa shape index (κ1) is 19.2. The molecule has 2 fully saturated rings. The summed E-state index contributed by atoms with van der Waals surface area (Å²) in [6.45, 7) is 9.86. The van der Waals surface area contributed by atoms with Crippen molar-refractivity contribution < 1.29 is 0 Å². The smallest absolute Gasteiger partial charge is 0.227 e. The Bertz CT molecular complexity index is 800. The number of nitrogens with zero attached hydrogens (tertiary/aromatic N) is 8. The highest BCUT2D eigenvalue weighted by molar-refractivity contribution is 7.98. The molecule has 0 N–H and O–H groups in total. The summed E-state index contributed by atoms with van der Waals surface area (Å²) in [5, 5.41) is 0.818. The molecule has 9 heteroatoms. The molecule has 2 aliphatic rings. The van der Waals surface area contributed by atoms with E-state index in [1.165, 1.54) is 0 Å². The van der Waals surface area contributed by atoms with Gasteiger partial charge in [0.1, 0.15) is 11.6 Å². The van der Waals surface area contributed by atoms with Crippen molar-refractivity contribution in [1.29, 1.82) is 0 Å². The Morgan fingerprint density at radius 3 is 2.18 bits per heavy atom. The lowest BCUT2D eigenvalue weighted by Gasteiger charge is -2.36. The molecular formula is C19H28N8S. The maximum atomic E-state index is 4.91. The van der Waals surface area contributed by atoms with Crippen LogP contribution < -0.4 is 14.7 Å². The number of hydrogen-bond donors (Lipinski definition) is 0. The van der Waals surface area contributed by atoms with Gasteiger partial charge in [-0.2, -0.15) is 4.98 Å². The summed E-state index contributed by atoms with van der Waals surface area (Å²) < 4.78 is 0. The molecule has 0 atom stereocenters. The van der Waals surface area contributed by atoms with Crippen molar-refractivity contribution in [2.45, 2.75) is 12.1 Å². The zero-order chi connectivity index (χ0) is 19.5. The second-order valence-electron chi connectivity index (χ2n) is 7.33. The van der Waals surface area contributed by atoms with E-state index in [9.17, 15) is 0 Å². The van der Waals surface area contributed by atoms with Crippen molar-refractivity contribution in [3.63, 3.8) is 0 Å². The highest BCUT2D eigenvalue weighted by Gasteiger charge is 2.22. The standard InChI is InChI=1S/C19H28N8S/c1-15-14-17(26-8-6-24(2)7-9-26)22-18(21-15)27-12-10-25(11-13-27)16-4-5-20-19(23-16)28-3/h4-5,14H,6-13H2,1-3H3. The second kappa shape index (κ2) is 8.48. The molecule has 150 valence electrons. The third-order valence-corrected chi connectivity index (χ3v) is 5.91. The van der Waals surface area contributed by atoms with Crippen LogP contribution in [0.1, 0.15) is 5.69 Å². The molecular weight excluding hydrogens is 372 g/mol. The third kappa shape index (κ3) is 4.30. The zero-order valence-electron chi connectivity index (χ0n) is 16.9. The summed E-state index contributed by atoms with van der Waals surface area (Å²) in [6.07, 6.45) is 3.84. The molecule has 0 aromatic carbocycles. The fraction of sp³-hybridized carbons (Fsp3) is 0.579. The van der Waals surface area contributed by atoms with E-state index >= 15 is 0 Å². The Morgan fingerprint density at radius 2 is 1.46 bits per heavy atom. The molecule has 0 aliphatic carbocycles. The van der Waals surface area contributed by atoms with E-state index in [-0.39, 0.29) is 0 Å². The zero-order valence-corrected chi connectivity index (χ0v) is 17.7. The highest BCUT2D eigenvalue weighted by Crippen LogP contribution is 2.22. The van der Waals surface area contributed by atoms with E-state index in [4.69, 9.17) is 9.97 Å². The van der Waals surface area contributed by atoms with Gasteiger partial charge in [0.05, 0.1) is 0 Å². The van der Waals surface area contributed by atoms with Gasteiger partial charge in [-0.1, -0.05) is 11.8 Å². The average Bonchev–Trinajstić information content (AvgIpc) is 2.74. The minimum Gasteiger partial charge on any atom is -0.354 e. The first-order valence-electron chi connectivity index (χ1n) is 9.78. The van der Waals surface area contributed by atoms with E-state index < -0.39 is 0 Å². The minimum atomic E-state index is 0.818. The van der Waals surface area contributed by atoms with Gasteiger partial charge < -0.3 is 19.6 Å². The molecule has 0 amide bonds. The molecule has 2 aromatic rings. The van der Waals surface area contributed by atoms with Crippen LogP contribution in [0.15, 0.2) is 23.5 Å². The van der Waals surface area contributed by atoms with Crippen molar-refractivity contribution in [3.8, 4) is 0 Å². The number of hydrogen-bond acceptors (Lipinski definition) is 9. The van der Waals surface area contributed by atoms with Gasteiger partial charge in [0.25, 0.3) is 0 Å². The number of anilines is 3. The van der Waals surface area contributed by atoms with Crippen molar-refractivity contribution in [1.82, 2.24) is 24.8 Å². The van der Waals surface area contributed by atoms with Gasteiger partial charge in [0, 0.05) is 70.3 Å². The van der Waals surface area contributed by atoms with Crippen molar-refractivity contribution in [2.75, 3.05) is 80.4 Å². The molecule has 8 nitrogen and oxygen atoms in total. The van der Waals surface area contributed by atoms with Gasteiger partial charge in [-0.3, -0.25) is 0 Å². The number of aromatic nitrogens is 4. The van der Waals surface area contributed by atoms with Crippen LogP contribution in [0.4, 0.5) is 17.6 Å². The van der Waals surface area contributed by atoms with Gasteiger partial charge >= 0.3 is 0 Å². The molecule has 0 saturated carbocycles. The van der Waals surface area contributed by atoms with Gasteiger partial charge in [-0.05, 0) is 26.3 Å². The number of thioether (sulfide) groups is 1. The second-order valence-corrected chi connectivity index (χ2v) is 8.11. The van der Waals surface area contributed by atoms with Crippen LogP contribution in [-0.2, 0) is 0 Å². The quantitative estimate of drug-likeness (QED) is 0.559. The Morgan fingerprint density at radius 1 is 0.821 bits per heavy atom. The molecule has 28 heavy (non-hydrogen) atoms. The number of piperazine rings is 2. The van der Waals surface area contributed by atoms with E-state index in [0.29, 0.717) is 0 Å². The number of rotatable bonds is 4. The molecule has 0 bridgehead atoms. The lowest BCUT2D eigenvalue weighted by Crippen LogP contribution is -2.48. The highest BCUT2D eigenvalue weighted by atomic mass is 32.2. The van der Waals surface area contributed by atoms with Crippen LogP contribution in [0, 0.1) is 6.92 Å². The summed E-state index contributed by atoms with van der Waals surface area (Å²) in [6, 6.07) is 4.10. The predicted octanol–water partition coefficient (Wildman–Crippen LogP) is 1.38. The molecule has 0 spiro atoms. The van der Waals surface area contributed by atoms with Crippen LogP contribution in [0.3, 0.4) is 0 Å². The van der Waals surface area contributed by atoms with Crippen LogP contribution in [0.2, 0.25) is 0 Å². The van der Waals surface area contributed by atoms with Crippen LogP contribution in [-0.4, -0.2) is 90.5 Å². The van der Waals surface area contributed by atoms with E-state index in [2.05, 4.69) is 49.6 Å². The fourth-order valence-corrected chi connectivity index (χ4v) is 3.97. The lowest BCUT2D eigenvalue weighted by molar-refractivity contribution is 0.312. The van der Waals surface area contributed by atoms with Gasteiger partial charge in [-0.15, -0.1) is 0 Å². The van der Waals surface area contributed by atoms with Crippen molar-refractivity contribution in [2.24, 2.45) is 0 Å². The molecule has 2 aromatic heterocycles. The summed E-state index contributed by atoms with van der Waals surface area (Å²) in [5.74, 6) is 2.90. The molecule has 2 aliphatic heterocycles. The SMILES string of the molecule is CSc1nccc(N2CCN(c3nc(C)cc(N4CCN(C)CC4)n3)CC2)n1. The minimum absolute atomic E-state index is 0.818. The monoisotopic (exact) mass is 400 g/mol. The Labute approximate surface area is 171 Å². The summed E-state index contributed by atoms with van der Waals surface area (Å²) >= 11 is 1.57. The maximum absolute atomic E-state index is 4.91. The predicted molar refractivity (Wildman–Crippen MR) is 115 cm³/mol. The maximum Gasteiger partial charge on any atom is 0.227 e. The molecule has 0 radical (unpaired) electrons. The molecule has 0 unspecified atom stereocenters. The molecule has 4 heterocycles. The average molecular weight is 401 g/mol. The molecule has 2 saturated heterocycles. The Hall–Kier alpha value is -2.13. The number of aryl methyl sites for hydroxylation is 1. The van der Waals surface area contributed by atoms with E-state index in [0.717, 1.165) is 80.8 Å². The van der Waals surface area contributed by atoms with Crippen LogP contribution in [0.25, 0.3) is 0 Å². The van der Waals surface area contributed by atoms with Crippen LogP contribution >= 0.6 is 11.8 Å². The van der Waals surface area contributed by atoms with Gasteiger partial charge in [-0.25, -0.2) is 15.0 Å². The summed E-state index contributed by atoms with van der Waals surface area (Å²) in [7, 11) is 2.17. The van der Waals surface area contributed by atoms with Gasteiger partial charge in [0.2, 0.25) is 5.95 Å². The normalized spacial score (nSPS) is 18.6.